The van der Waals surface area contributed by atoms with Crippen LogP contribution in [0.25, 0.3) is 22.3 Å². The Labute approximate surface area is 113 Å². The second kappa shape index (κ2) is 4.45. The van der Waals surface area contributed by atoms with E-state index >= 15 is 0 Å². The van der Waals surface area contributed by atoms with Gasteiger partial charge in [-0.3, -0.25) is 0 Å². The van der Waals surface area contributed by atoms with Gasteiger partial charge in [0.15, 0.2) is 0 Å². The molecule has 5 heteroatoms. The molecule has 0 fully saturated rings. The molecule has 0 radical (unpaired) electrons. The molecule has 0 atom stereocenters. The van der Waals surface area contributed by atoms with E-state index in [1.165, 1.54) is 18.2 Å². The van der Waals surface area contributed by atoms with Crippen molar-refractivity contribution in [3.8, 4) is 11.3 Å². The fraction of sp³-hybridized carbons (Fsp3) is 0.0667. The van der Waals surface area contributed by atoms with E-state index in [-0.39, 0.29) is 16.9 Å². The molecular weight excluding hydrogens is 259 g/mol. The molecule has 20 heavy (non-hydrogen) atoms. The van der Waals surface area contributed by atoms with Gasteiger partial charge in [-0.1, -0.05) is 18.2 Å². The summed E-state index contributed by atoms with van der Waals surface area (Å²) in [5, 5.41) is 12.2. The summed E-state index contributed by atoms with van der Waals surface area (Å²) in [5.41, 5.74) is 1.34. The highest BCUT2D eigenvalue weighted by molar-refractivity contribution is 5.75. The van der Waals surface area contributed by atoms with Crippen molar-refractivity contribution < 1.29 is 8.82 Å². The number of benzene rings is 2. The number of nitrogens with zero attached hydrogens (tertiary/aromatic N) is 2. The molecule has 0 unspecified atom stereocenters. The summed E-state index contributed by atoms with van der Waals surface area (Å²) in [5.74, 6) is -0.451. The van der Waals surface area contributed by atoms with Crippen LogP contribution in [0.4, 0.5) is 4.39 Å². The van der Waals surface area contributed by atoms with Gasteiger partial charge in [0.25, 0.3) is 11.2 Å². The Morgan fingerprint density at radius 1 is 1.15 bits per heavy atom. The number of fused-ring (bicyclic) bond motifs is 1. The van der Waals surface area contributed by atoms with Gasteiger partial charge in [0.05, 0.1) is 15.7 Å². The summed E-state index contributed by atoms with van der Waals surface area (Å²) in [6.45, 7) is 1.55. The number of hydrogen-bond donors (Lipinski definition) is 0. The van der Waals surface area contributed by atoms with Crippen LogP contribution in [-0.4, -0.2) is 4.73 Å². The van der Waals surface area contributed by atoms with Crippen molar-refractivity contribution >= 4 is 11.0 Å². The van der Waals surface area contributed by atoms with Gasteiger partial charge in [0.1, 0.15) is 11.3 Å². The highest BCUT2D eigenvalue weighted by Gasteiger charge is 2.21. The number of aromatic nitrogens is 2. The normalized spacial score (nSPS) is 10.9. The van der Waals surface area contributed by atoms with Crippen molar-refractivity contribution in [2.24, 2.45) is 0 Å². The van der Waals surface area contributed by atoms with Gasteiger partial charge >= 0.3 is 0 Å². The fourth-order valence-corrected chi connectivity index (χ4v) is 2.31. The monoisotopic (exact) mass is 270 g/mol. The maximum atomic E-state index is 13.3. The van der Waals surface area contributed by atoms with Crippen LogP contribution in [0, 0.1) is 22.9 Å². The first kappa shape index (κ1) is 12.3. The van der Waals surface area contributed by atoms with Crippen molar-refractivity contribution in [3.63, 3.8) is 0 Å². The largest absolute Gasteiger partial charge is 0.805 e. The first-order valence-corrected chi connectivity index (χ1v) is 6.10. The van der Waals surface area contributed by atoms with Gasteiger partial charge in [0, 0.05) is 11.0 Å². The van der Waals surface area contributed by atoms with Gasteiger partial charge in [-0.25, -0.2) is 4.39 Å². The van der Waals surface area contributed by atoms with Gasteiger partial charge in [-0.2, -0.15) is 0 Å². The van der Waals surface area contributed by atoms with E-state index < -0.39 is 5.82 Å². The van der Waals surface area contributed by atoms with E-state index in [0.717, 1.165) is 0 Å². The molecule has 1 aromatic heterocycles. The Hall–Kier alpha value is -2.69. The molecule has 0 aliphatic rings. The lowest BCUT2D eigenvalue weighted by atomic mass is 10.1. The minimum atomic E-state index is -0.451. The molecule has 4 nitrogen and oxygen atoms in total. The fourth-order valence-electron chi connectivity index (χ4n) is 2.31. The van der Waals surface area contributed by atoms with Crippen LogP contribution in [0.5, 0.6) is 0 Å². The van der Waals surface area contributed by atoms with E-state index in [1.807, 2.05) is 0 Å². The Kier molecular flexibility index (Phi) is 2.75. The Morgan fingerprint density at radius 3 is 2.65 bits per heavy atom. The molecule has 0 aliphatic carbocycles. The summed E-state index contributed by atoms with van der Waals surface area (Å²) in [6, 6.07) is 12.2. The average Bonchev–Trinajstić information content (AvgIpc) is 2.45. The van der Waals surface area contributed by atoms with Crippen molar-refractivity contribution in [2.45, 2.75) is 6.92 Å². The lowest BCUT2D eigenvalue weighted by Crippen LogP contribution is -2.23. The number of halogens is 1. The van der Waals surface area contributed by atoms with Crippen molar-refractivity contribution in [1.82, 2.24) is 4.73 Å². The summed E-state index contributed by atoms with van der Waals surface area (Å²) in [7, 11) is 0. The minimum Gasteiger partial charge on any atom is -0.805 e. The predicted octanol–water partition coefficient (Wildman–Crippen LogP) is 3.02. The third-order valence-corrected chi connectivity index (χ3v) is 3.27. The number of para-hydroxylation sites is 2. The first-order chi connectivity index (χ1) is 9.59. The summed E-state index contributed by atoms with van der Waals surface area (Å²) in [4.78, 5) is 12.5. The van der Waals surface area contributed by atoms with Gasteiger partial charge in [-0.05, 0) is 31.2 Å². The molecular formula is C15H11FN2O2. The van der Waals surface area contributed by atoms with Crippen LogP contribution in [0.2, 0.25) is 0 Å². The molecule has 0 saturated carbocycles. The first-order valence-electron chi connectivity index (χ1n) is 6.10. The molecule has 0 N–H and O–H groups in total. The lowest BCUT2D eigenvalue weighted by molar-refractivity contribution is -0.452. The molecule has 3 aromatic rings. The second-order valence-corrected chi connectivity index (χ2v) is 4.52. The lowest BCUT2D eigenvalue weighted by Gasteiger charge is -2.16. The van der Waals surface area contributed by atoms with Gasteiger partial charge < -0.3 is 9.94 Å². The zero-order valence-electron chi connectivity index (χ0n) is 10.7. The molecule has 2 aromatic carbocycles. The predicted molar refractivity (Wildman–Crippen MR) is 74.2 cm³/mol. The third-order valence-electron chi connectivity index (χ3n) is 3.27. The smallest absolute Gasteiger partial charge is 0.289 e. The maximum absolute atomic E-state index is 13.3. The van der Waals surface area contributed by atoms with E-state index in [1.54, 1.807) is 37.3 Å². The summed E-state index contributed by atoms with van der Waals surface area (Å²) in [6.07, 6.45) is 0. The number of rotatable bonds is 1. The van der Waals surface area contributed by atoms with E-state index in [0.29, 0.717) is 20.2 Å². The van der Waals surface area contributed by atoms with Crippen LogP contribution in [-0.2, 0) is 0 Å². The zero-order chi connectivity index (χ0) is 14.3. The summed E-state index contributed by atoms with van der Waals surface area (Å²) < 4.78 is 14.7. The van der Waals surface area contributed by atoms with Crippen LogP contribution in [0.15, 0.2) is 48.5 Å². The number of hydrogen-bond acceptors (Lipinski definition) is 2. The Balaban J connectivity index is 2.46. The highest BCUT2D eigenvalue weighted by Crippen LogP contribution is 2.22. The van der Waals surface area contributed by atoms with Crippen LogP contribution < -0.4 is 4.43 Å². The maximum Gasteiger partial charge on any atom is 0.289 e. The van der Waals surface area contributed by atoms with E-state index in [9.17, 15) is 14.5 Å². The zero-order valence-corrected chi connectivity index (χ0v) is 10.7. The molecule has 0 aliphatic heterocycles. The van der Waals surface area contributed by atoms with E-state index in [4.69, 9.17) is 0 Å². The van der Waals surface area contributed by atoms with Crippen molar-refractivity contribution in [2.75, 3.05) is 0 Å². The van der Waals surface area contributed by atoms with Gasteiger partial charge in [-0.15, -0.1) is 0 Å². The van der Waals surface area contributed by atoms with Crippen molar-refractivity contribution in [1.29, 1.82) is 0 Å². The minimum absolute atomic E-state index is 0.165. The van der Waals surface area contributed by atoms with Crippen LogP contribution >= 0.6 is 0 Å². The van der Waals surface area contributed by atoms with E-state index in [2.05, 4.69) is 0 Å². The third kappa shape index (κ3) is 1.75. The summed E-state index contributed by atoms with van der Waals surface area (Å²) >= 11 is 0. The second-order valence-electron chi connectivity index (χ2n) is 4.52. The Bertz CT molecular complexity index is 871. The topological polar surface area (TPSA) is 51.0 Å². The standard InChI is InChI=1S/C15H11FN2O2/c1-10-15(11-5-4-6-12(16)9-11)18(20)14-8-3-2-7-13(14)17(10)19/h2-9H,1H3. The molecule has 100 valence electrons. The quantitative estimate of drug-likeness (QED) is 0.638. The molecule has 0 spiro atoms. The Morgan fingerprint density at radius 2 is 1.90 bits per heavy atom. The molecule has 0 amide bonds. The molecule has 3 rings (SSSR count). The molecule has 0 saturated heterocycles. The van der Waals surface area contributed by atoms with Crippen LogP contribution in [0.1, 0.15) is 5.69 Å². The highest BCUT2D eigenvalue weighted by atomic mass is 19.1. The molecule has 0 bridgehead atoms. The SMILES string of the molecule is Cc1c(-c2cccc(F)c2)[n+](=O)c2ccccc2n1[O-]. The van der Waals surface area contributed by atoms with Gasteiger partial charge in [0.2, 0.25) is 0 Å². The average molecular weight is 270 g/mol. The van der Waals surface area contributed by atoms with Crippen molar-refractivity contribution in [3.05, 3.63) is 70.2 Å². The van der Waals surface area contributed by atoms with Crippen LogP contribution in [0.3, 0.4) is 0 Å². The molecule has 1 heterocycles.